The maximum atomic E-state index is 11.5. The number of pyridine rings is 2. The topological polar surface area (TPSA) is 80.9 Å². The van der Waals surface area contributed by atoms with Gasteiger partial charge in [-0.1, -0.05) is 49.4 Å². The van der Waals surface area contributed by atoms with E-state index < -0.39 is 0 Å². The number of para-hydroxylation sites is 1. The van der Waals surface area contributed by atoms with E-state index >= 15 is 0 Å². The van der Waals surface area contributed by atoms with Crippen LogP contribution in [0.15, 0.2) is 92.6 Å². The van der Waals surface area contributed by atoms with Gasteiger partial charge in [-0.2, -0.15) is 0 Å². The molecule has 0 bridgehead atoms. The molecule has 1 amide bonds. The average Bonchev–Trinajstić information content (AvgIpc) is 3.76. The number of hydrogen-bond donors (Lipinski definition) is 2. The van der Waals surface area contributed by atoms with E-state index in [1.54, 1.807) is 24.7 Å². The van der Waals surface area contributed by atoms with Gasteiger partial charge in [-0.05, 0) is 74.9 Å². The maximum absolute atomic E-state index is 11.5. The number of carbonyl (C=O) groups is 1. The fraction of sp³-hybridized carbons (Fsp3) is 0.258. The van der Waals surface area contributed by atoms with E-state index in [2.05, 4.69) is 48.0 Å². The predicted octanol–water partition coefficient (Wildman–Crippen LogP) is 7.71. The number of carbonyl (C=O) groups excluding carboxylic acids is 1. The van der Waals surface area contributed by atoms with Crippen molar-refractivity contribution in [2.45, 2.75) is 47.0 Å². The summed E-state index contributed by atoms with van der Waals surface area (Å²) in [5.74, 6) is 0.312. The zero-order valence-electron chi connectivity index (χ0n) is 22.4. The average molecular weight is 519 g/mol. The number of aryl methyl sites for hydroxylation is 3. The van der Waals surface area contributed by atoms with E-state index in [1.165, 1.54) is 5.56 Å². The Bertz CT molecular complexity index is 1130. The van der Waals surface area contributed by atoms with Crippen LogP contribution in [0.3, 0.4) is 0 Å². The number of allylic oxidation sites excluding steroid dienone is 2. The number of amides is 1. The third kappa shape index (κ3) is 11.3. The van der Waals surface area contributed by atoms with Crippen LogP contribution in [0.2, 0.25) is 5.02 Å². The fourth-order valence-corrected chi connectivity index (χ4v) is 3.34. The molecule has 37 heavy (non-hydrogen) atoms. The highest BCUT2D eigenvalue weighted by atomic mass is 35.5. The van der Waals surface area contributed by atoms with Gasteiger partial charge in [0.25, 0.3) is 0 Å². The molecule has 3 aromatic rings. The van der Waals surface area contributed by atoms with Gasteiger partial charge in [0.1, 0.15) is 0 Å². The van der Waals surface area contributed by atoms with Crippen LogP contribution in [-0.4, -0.2) is 15.9 Å². The summed E-state index contributed by atoms with van der Waals surface area (Å²) in [6, 6.07) is 13.6. The highest BCUT2D eigenvalue weighted by Crippen LogP contribution is 2.32. The second kappa shape index (κ2) is 16.9. The molecule has 0 aliphatic heterocycles. The number of nitrogens with one attached hydrogen (secondary N) is 1. The van der Waals surface area contributed by atoms with E-state index in [9.17, 15) is 4.79 Å². The van der Waals surface area contributed by atoms with Gasteiger partial charge in [0, 0.05) is 47.5 Å². The van der Waals surface area contributed by atoms with E-state index in [0.717, 1.165) is 52.9 Å². The lowest BCUT2D eigenvalue weighted by atomic mass is 10.0. The van der Waals surface area contributed by atoms with Crippen LogP contribution in [0.1, 0.15) is 49.1 Å². The lowest BCUT2D eigenvalue weighted by molar-refractivity contribution is -0.117. The molecule has 3 N–H and O–H groups in total. The summed E-state index contributed by atoms with van der Waals surface area (Å²) in [4.78, 5) is 19.7. The molecule has 0 saturated heterocycles. The first-order chi connectivity index (χ1) is 17.8. The van der Waals surface area contributed by atoms with Crippen LogP contribution < -0.4 is 11.1 Å². The summed E-state index contributed by atoms with van der Waals surface area (Å²) in [6.07, 6.45) is 10.1. The van der Waals surface area contributed by atoms with Gasteiger partial charge in [0.15, 0.2) is 0 Å². The molecule has 1 saturated carbocycles. The molecule has 0 spiro atoms. The summed E-state index contributed by atoms with van der Waals surface area (Å²) in [6.45, 7) is 17.8. The largest absolute Gasteiger partial charge is 0.404 e. The number of rotatable bonds is 5. The van der Waals surface area contributed by atoms with Crippen LogP contribution in [0.4, 0.5) is 5.69 Å². The number of nitrogens with zero attached hydrogens (tertiary/aromatic N) is 2. The monoisotopic (exact) mass is 518 g/mol. The van der Waals surface area contributed by atoms with Crippen molar-refractivity contribution in [3.05, 3.63) is 120 Å². The Morgan fingerprint density at radius 2 is 1.84 bits per heavy atom. The zero-order valence-corrected chi connectivity index (χ0v) is 23.2. The summed E-state index contributed by atoms with van der Waals surface area (Å²) < 4.78 is 0. The van der Waals surface area contributed by atoms with Crippen molar-refractivity contribution in [2.75, 3.05) is 5.32 Å². The molecular weight excluding hydrogens is 480 g/mol. The molecule has 2 heterocycles. The van der Waals surface area contributed by atoms with Gasteiger partial charge in [0.2, 0.25) is 5.91 Å². The van der Waals surface area contributed by atoms with Crippen molar-refractivity contribution in [1.29, 1.82) is 0 Å². The molecule has 1 aromatic carbocycles. The normalized spacial score (nSPS) is 11.9. The van der Waals surface area contributed by atoms with Crippen LogP contribution >= 0.6 is 11.6 Å². The first-order valence-electron chi connectivity index (χ1n) is 12.2. The molecule has 1 aliphatic rings. The molecular formula is C31H39ClN4O. The van der Waals surface area contributed by atoms with E-state index in [1.807, 2.05) is 57.3 Å². The second-order valence-electron chi connectivity index (χ2n) is 8.46. The summed E-state index contributed by atoms with van der Waals surface area (Å²) in [5.41, 5.74) is 12.5. The van der Waals surface area contributed by atoms with Gasteiger partial charge in [-0.25, -0.2) is 0 Å². The second-order valence-corrected chi connectivity index (χ2v) is 8.87. The summed E-state index contributed by atoms with van der Waals surface area (Å²) in [7, 11) is 0. The van der Waals surface area contributed by atoms with Crippen molar-refractivity contribution in [3.63, 3.8) is 0 Å². The third-order valence-corrected chi connectivity index (χ3v) is 5.71. The first kappa shape index (κ1) is 31.3. The molecule has 5 nitrogen and oxygen atoms in total. The minimum Gasteiger partial charge on any atom is -0.404 e. The van der Waals surface area contributed by atoms with Crippen LogP contribution in [0, 0.1) is 19.8 Å². The third-order valence-electron chi connectivity index (χ3n) is 5.40. The molecule has 2 aromatic heterocycles. The Labute approximate surface area is 227 Å². The minimum atomic E-state index is 0.0983. The highest BCUT2D eigenvalue weighted by Gasteiger charge is 2.30. The number of halogens is 1. The van der Waals surface area contributed by atoms with Crippen molar-refractivity contribution in [1.82, 2.24) is 9.97 Å². The van der Waals surface area contributed by atoms with Crippen molar-refractivity contribution in [3.8, 4) is 0 Å². The summed E-state index contributed by atoms with van der Waals surface area (Å²) >= 11 is 5.98. The van der Waals surface area contributed by atoms with Crippen LogP contribution in [-0.2, 0) is 11.2 Å². The van der Waals surface area contributed by atoms with Crippen molar-refractivity contribution >= 4 is 28.8 Å². The van der Waals surface area contributed by atoms with E-state index in [0.29, 0.717) is 5.02 Å². The lowest BCUT2D eigenvalue weighted by Crippen LogP contribution is -2.14. The van der Waals surface area contributed by atoms with Gasteiger partial charge in [0.05, 0.1) is 10.7 Å². The van der Waals surface area contributed by atoms with Crippen LogP contribution in [0.5, 0.6) is 0 Å². The Hall–Kier alpha value is -3.70. The van der Waals surface area contributed by atoms with Crippen LogP contribution in [0.25, 0.3) is 5.57 Å². The summed E-state index contributed by atoms with van der Waals surface area (Å²) in [5, 5.41) is 3.48. The Balaban J connectivity index is 0.000000274. The minimum absolute atomic E-state index is 0.0983. The van der Waals surface area contributed by atoms with E-state index in [4.69, 9.17) is 17.3 Å². The van der Waals surface area contributed by atoms with Gasteiger partial charge >= 0.3 is 0 Å². The Kier molecular flexibility index (Phi) is 14.3. The van der Waals surface area contributed by atoms with E-state index in [-0.39, 0.29) is 11.8 Å². The number of benzene rings is 1. The number of aromatic nitrogens is 2. The Morgan fingerprint density at radius 1 is 1.14 bits per heavy atom. The van der Waals surface area contributed by atoms with Gasteiger partial charge < -0.3 is 11.1 Å². The molecule has 6 heteroatoms. The van der Waals surface area contributed by atoms with Gasteiger partial charge in [-0.3, -0.25) is 14.8 Å². The molecule has 1 aliphatic carbocycles. The molecule has 0 radical (unpaired) electrons. The molecule has 196 valence electrons. The van der Waals surface area contributed by atoms with Crippen molar-refractivity contribution in [2.24, 2.45) is 11.7 Å². The smallest absolute Gasteiger partial charge is 0.227 e. The Morgan fingerprint density at radius 3 is 2.30 bits per heavy atom. The number of hydrogen-bond acceptors (Lipinski definition) is 4. The van der Waals surface area contributed by atoms with Gasteiger partial charge in [-0.15, -0.1) is 13.2 Å². The highest BCUT2D eigenvalue weighted by molar-refractivity contribution is 6.34. The maximum Gasteiger partial charge on any atom is 0.227 e. The quantitative estimate of drug-likeness (QED) is 0.267. The molecule has 1 fully saturated rings. The molecule has 0 atom stereocenters. The predicted molar refractivity (Wildman–Crippen MR) is 158 cm³/mol. The number of anilines is 1. The molecule has 4 rings (SSSR count). The number of nitrogens with two attached hydrogens (primary N) is 1. The first-order valence-corrected chi connectivity index (χ1v) is 12.6. The standard InChI is InChI=1S/C11H12ClNO.C10H12N2.C8H11N.C2H4/c1-7-3-2-4-9(12)10(7)13-11(14)8-5-6-8;1-8(2)10(6-11)9-4-3-5-12-7-9;1-3-8-5-4-7(2)9-6-8;1-2/h2-4,8H,5-6H2,1H3,(H,13,14);3-7H,1,11H2,2H3;4-6H,3H2,1-2H3;1-2H2/b;10-6+;;. The SMILES string of the molecule is C=C.C=C(C)/C(=C\N)c1cccnc1.CCc1ccc(C)nc1.Cc1cccc(Cl)c1NC(=O)C1CC1. The van der Waals surface area contributed by atoms with Crippen molar-refractivity contribution < 1.29 is 4.79 Å². The molecule has 0 unspecified atom stereocenters. The lowest BCUT2D eigenvalue weighted by Gasteiger charge is -2.09. The zero-order chi connectivity index (χ0) is 27.8. The fourth-order valence-electron chi connectivity index (χ4n) is 3.08.